The van der Waals surface area contributed by atoms with Crippen LogP contribution in [-0.2, 0) is 0 Å². The molecular weight excluding hydrogens is 194 g/mol. The predicted octanol–water partition coefficient (Wildman–Crippen LogP) is 2.12. The number of hydrogen-bond acceptors (Lipinski definition) is 4. The standard InChI is InChI=1S/C10H13N3S/c1-8(7-14-2)13-10-6-12-4-3-9(10)5-11/h3-4,6,8,13H,7H2,1-2H3. The van der Waals surface area contributed by atoms with Crippen LogP contribution >= 0.6 is 11.8 Å². The lowest BCUT2D eigenvalue weighted by Gasteiger charge is -2.14. The highest BCUT2D eigenvalue weighted by Gasteiger charge is 2.04. The molecule has 1 aromatic heterocycles. The van der Waals surface area contributed by atoms with Crippen molar-refractivity contribution in [2.24, 2.45) is 0 Å². The molecule has 4 heteroatoms. The van der Waals surface area contributed by atoms with Gasteiger partial charge in [-0.1, -0.05) is 0 Å². The smallest absolute Gasteiger partial charge is 0.101 e. The van der Waals surface area contributed by atoms with Crippen molar-refractivity contribution in [2.75, 3.05) is 17.3 Å². The average molecular weight is 207 g/mol. The first-order valence-corrected chi connectivity index (χ1v) is 5.77. The van der Waals surface area contributed by atoms with E-state index in [1.165, 1.54) is 0 Å². The highest BCUT2D eigenvalue weighted by Crippen LogP contribution is 2.13. The summed E-state index contributed by atoms with van der Waals surface area (Å²) in [5.41, 5.74) is 1.46. The maximum absolute atomic E-state index is 8.84. The number of nitrogens with zero attached hydrogens (tertiary/aromatic N) is 2. The fraction of sp³-hybridized carbons (Fsp3) is 0.400. The van der Waals surface area contributed by atoms with Crippen molar-refractivity contribution in [1.29, 1.82) is 5.26 Å². The molecule has 1 atom stereocenters. The molecule has 3 nitrogen and oxygen atoms in total. The molecule has 1 unspecified atom stereocenters. The second-order valence-electron chi connectivity index (χ2n) is 3.03. The van der Waals surface area contributed by atoms with Crippen LogP contribution in [0.5, 0.6) is 0 Å². The van der Waals surface area contributed by atoms with E-state index in [2.05, 4.69) is 29.5 Å². The number of anilines is 1. The molecule has 74 valence electrons. The Balaban J connectivity index is 2.71. The highest BCUT2D eigenvalue weighted by atomic mass is 32.2. The summed E-state index contributed by atoms with van der Waals surface area (Å²) >= 11 is 1.78. The Kier molecular flexibility index (Phi) is 4.27. The van der Waals surface area contributed by atoms with Crippen molar-refractivity contribution < 1.29 is 0 Å². The van der Waals surface area contributed by atoms with Gasteiger partial charge in [0, 0.05) is 18.0 Å². The van der Waals surface area contributed by atoms with Crippen molar-refractivity contribution in [1.82, 2.24) is 4.98 Å². The average Bonchev–Trinajstić information content (AvgIpc) is 2.19. The number of hydrogen-bond donors (Lipinski definition) is 1. The number of aromatic nitrogens is 1. The Morgan fingerprint density at radius 3 is 3.14 bits per heavy atom. The summed E-state index contributed by atoms with van der Waals surface area (Å²) in [5, 5.41) is 12.1. The van der Waals surface area contributed by atoms with Gasteiger partial charge < -0.3 is 5.32 Å². The van der Waals surface area contributed by atoms with E-state index >= 15 is 0 Å². The van der Waals surface area contributed by atoms with Crippen LogP contribution in [0.25, 0.3) is 0 Å². The quantitative estimate of drug-likeness (QED) is 0.821. The molecule has 0 aromatic carbocycles. The second kappa shape index (κ2) is 5.51. The molecule has 0 aliphatic heterocycles. The second-order valence-corrected chi connectivity index (χ2v) is 3.94. The Labute approximate surface area is 88.5 Å². The van der Waals surface area contributed by atoms with E-state index in [9.17, 15) is 0 Å². The molecular formula is C10H13N3S. The van der Waals surface area contributed by atoms with Gasteiger partial charge in [0.15, 0.2) is 0 Å². The van der Waals surface area contributed by atoms with Crippen molar-refractivity contribution in [3.8, 4) is 6.07 Å². The molecule has 0 aliphatic carbocycles. The van der Waals surface area contributed by atoms with E-state index < -0.39 is 0 Å². The van der Waals surface area contributed by atoms with Crippen LogP contribution in [0.4, 0.5) is 5.69 Å². The van der Waals surface area contributed by atoms with E-state index in [-0.39, 0.29) is 0 Å². The summed E-state index contributed by atoms with van der Waals surface area (Å²) in [6.07, 6.45) is 5.38. The summed E-state index contributed by atoms with van der Waals surface area (Å²) in [5.74, 6) is 1.01. The Hall–Kier alpha value is -1.21. The molecule has 0 saturated carbocycles. The third kappa shape index (κ3) is 2.93. The van der Waals surface area contributed by atoms with Gasteiger partial charge >= 0.3 is 0 Å². The molecule has 1 N–H and O–H groups in total. The molecule has 0 bridgehead atoms. The molecule has 1 rings (SSSR count). The van der Waals surface area contributed by atoms with Crippen molar-refractivity contribution in [2.45, 2.75) is 13.0 Å². The van der Waals surface area contributed by atoms with Crippen LogP contribution in [0.2, 0.25) is 0 Å². The maximum atomic E-state index is 8.84. The summed E-state index contributed by atoms with van der Waals surface area (Å²) in [4.78, 5) is 3.99. The van der Waals surface area contributed by atoms with Gasteiger partial charge in [0.1, 0.15) is 6.07 Å². The lowest BCUT2D eigenvalue weighted by atomic mass is 10.2. The summed E-state index contributed by atoms with van der Waals surface area (Å²) < 4.78 is 0. The van der Waals surface area contributed by atoms with Gasteiger partial charge in [-0.3, -0.25) is 4.98 Å². The monoisotopic (exact) mass is 207 g/mol. The number of pyridine rings is 1. The predicted molar refractivity (Wildman–Crippen MR) is 60.4 cm³/mol. The minimum Gasteiger partial charge on any atom is -0.379 e. The summed E-state index contributed by atoms with van der Waals surface area (Å²) in [6.45, 7) is 2.09. The number of rotatable bonds is 4. The van der Waals surface area contributed by atoms with Crippen molar-refractivity contribution in [3.05, 3.63) is 24.0 Å². The Morgan fingerprint density at radius 2 is 2.50 bits per heavy atom. The van der Waals surface area contributed by atoms with Crippen LogP contribution in [0.3, 0.4) is 0 Å². The SMILES string of the molecule is CSCC(C)Nc1cnccc1C#N. The van der Waals surface area contributed by atoms with Gasteiger partial charge in [-0.25, -0.2) is 0 Å². The molecule has 0 aliphatic rings. The highest BCUT2D eigenvalue weighted by molar-refractivity contribution is 7.98. The fourth-order valence-electron chi connectivity index (χ4n) is 1.16. The zero-order valence-corrected chi connectivity index (χ0v) is 9.14. The molecule has 0 amide bonds. The third-order valence-electron chi connectivity index (χ3n) is 1.76. The van der Waals surface area contributed by atoms with Gasteiger partial charge in [0.25, 0.3) is 0 Å². The van der Waals surface area contributed by atoms with Crippen LogP contribution in [-0.4, -0.2) is 23.0 Å². The van der Waals surface area contributed by atoms with Gasteiger partial charge in [-0.15, -0.1) is 0 Å². The first kappa shape index (κ1) is 10.9. The number of thioether (sulfide) groups is 1. The van der Waals surface area contributed by atoms with E-state index in [1.807, 2.05) is 0 Å². The van der Waals surface area contributed by atoms with Gasteiger partial charge in [0.2, 0.25) is 0 Å². The van der Waals surface area contributed by atoms with Crippen LogP contribution in [0.15, 0.2) is 18.5 Å². The minimum absolute atomic E-state index is 0.348. The summed E-state index contributed by atoms with van der Waals surface area (Å²) in [7, 11) is 0. The Bertz CT molecular complexity index is 332. The summed E-state index contributed by atoms with van der Waals surface area (Å²) in [6, 6.07) is 4.20. The molecule has 14 heavy (non-hydrogen) atoms. The minimum atomic E-state index is 0.348. The van der Waals surface area contributed by atoms with Crippen LogP contribution < -0.4 is 5.32 Å². The lowest BCUT2D eigenvalue weighted by Crippen LogP contribution is -2.18. The topological polar surface area (TPSA) is 48.7 Å². The molecule has 1 heterocycles. The molecule has 0 radical (unpaired) electrons. The zero-order chi connectivity index (χ0) is 10.4. The first-order valence-electron chi connectivity index (χ1n) is 4.37. The van der Waals surface area contributed by atoms with E-state index in [0.717, 1.165) is 11.4 Å². The number of nitriles is 1. The van der Waals surface area contributed by atoms with E-state index in [0.29, 0.717) is 11.6 Å². The van der Waals surface area contributed by atoms with E-state index in [1.54, 1.807) is 30.2 Å². The molecule has 0 fully saturated rings. The first-order chi connectivity index (χ1) is 6.77. The maximum Gasteiger partial charge on any atom is 0.101 e. The van der Waals surface area contributed by atoms with Gasteiger partial charge in [-0.2, -0.15) is 17.0 Å². The molecule has 0 saturated heterocycles. The van der Waals surface area contributed by atoms with Crippen molar-refractivity contribution in [3.63, 3.8) is 0 Å². The van der Waals surface area contributed by atoms with Gasteiger partial charge in [-0.05, 0) is 19.2 Å². The van der Waals surface area contributed by atoms with Crippen LogP contribution in [0.1, 0.15) is 12.5 Å². The Morgan fingerprint density at radius 1 is 1.71 bits per heavy atom. The fourth-order valence-corrected chi connectivity index (χ4v) is 1.75. The van der Waals surface area contributed by atoms with E-state index in [4.69, 9.17) is 5.26 Å². The number of nitrogens with one attached hydrogen (secondary N) is 1. The normalized spacial score (nSPS) is 11.8. The molecule has 0 spiro atoms. The largest absolute Gasteiger partial charge is 0.379 e. The lowest BCUT2D eigenvalue weighted by molar-refractivity contribution is 0.911. The zero-order valence-electron chi connectivity index (χ0n) is 8.32. The van der Waals surface area contributed by atoms with Gasteiger partial charge in [0.05, 0.1) is 17.4 Å². The third-order valence-corrected chi connectivity index (χ3v) is 2.59. The van der Waals surface area contributed by atoms with Crippen LogP contribution in [0, 0.1) is 11.3 Å². The molecule has 1 aromatic rings. The van der Waals surface area contributed by atoms with Crippen molar-refractivity contribution >= 4 is 17.4 Å².